The lowest BCUT2D eigenvalue weighted by Crippen LogP contribution is -2.36. The summed E-state index contributed by atoms with van der Waals surface area (Å²) in [5, 5.41) is 11.3. The molecular weight excluding hydrogens is 272 g/mol. The van der Waals surface area contributed by atoms with Gasteiger partial charge in [-0.2, -0.15) is 0 Å². The molecule has 0 aliphatic carbocycles. The first kappa shape index (κ1) is 15.1. The molecule has 0 atom stereocenters. The molecule has 0 radical (unpaired) electrons. The standard InChI is InChI=1S/C15H18N2O4/c1-11(10-14(18)19)15(20)16-12-2-4-13(5-3-12)17-6-8-21-9-7-17/h2-5,10H,6-9H2,1H3,(H,16,20)(H,18,19)/b11-10-. The van der Waals surface area contributed by atoms with Gasteiger partial charge >= 0.3 is 5.97 Å². The van der Waals surface area contributed by atoms with Crippen LogP contribution in [0.15, 0.2) is 35.9 Å². The zero-order valence-electron chi connectivity index (χ0n) is 11.8. The van der Waals surface area contributed by atoms with Crippen LogP contribution in [0.2, 0.25) is 0 Å². The summed E-state index contributed by atoms with van der Waals surface area (Å²) < 4.78 is 5.30. The summed E-state index contributed by atoms with van der Waals surface area (Å²) >= 11 is 0. The first-order chi connectivity index (χ1) is 10.1. The molecular formula is C15H18N2O4. The van der Waals surface area contributed by atoms with Gasteiger partial charge in [0, 0.05) is 36.1 Å². The SMILES string of the molecule is C/C(=C/C(=O)O)C(=O)Nc1ccc(N2CCOCC2)cc1. The van der Waals surface area contributed by atoms with Crippen LogP contribution >= 0.6 is 0 Å². The average Bonchev–Trinajstić information content (AvgIpc) is 2.48. The van der Waals surface area contributed by atoms with Crippen molar-refractivity contribution in [3.63, 3.8) is 0 Å². The van der Waals surface area contributed by atoms with Crippen molar-refractivity contribution in [3.05, 3.63) is 35.9 Å². The highest BCUT2D eigenvalue weighted by Crippen LogP contribution is 2.19. The molecule has 1 aliphatic heterocycles. The number of carbonyl (C=O) groups is 2. The summed E-state index contributed by atoms with van der Waals surface area (Å²) in [5.74, 6) is -1.55. The summed E-state index contributed by atoms with van der Waals surface area (Å²) in [6.45, 7) is 4.61. The Morgan fingerprint density at radius 3 is 2.43 bits per heavy atom. The van der Waals surface area contributed by atoms with E-state index in [-0.39, 0.29) is 5.57 Å². The third-order valence-corrected chi connectivity index (χ3v) is 3.20. The Labute approximate surface area is 123 Å². The molecule has 2 rings (SSSR count). The molecule has 2 N–H and O–H groups in total. The van der Waals surface area contributed by atoms with Gasteiger partial charge in [-0.25, -0.2) is 4.79 Å². The summed E-state index contributed by atoms with van der Waals surface area (Å²) in [6.07, 6.45) is 0.886. The number of carboxylic acids is 1. The van der Waals surface area contributed by atoms with Crippen LogP contribution in [0.25, 0.3) is 0 Å². The largest absolute Gasteiger partial charge is 0.478 e. The first-order valence-corrected chi connectivity index (χ1v) is 6.71. The lowest BCUT2D eigenvalue weighted by Gasteiger charge is -2.28. The van der Waals surface area contributed by atoms with Crippen LogP contribution in [0.1, 0.15) is 6.92 Å². The number of ether oxygens (including phenoxy) is 1. The molecule has 1 amide bonds. The van der Waals surface area contributed by atoms with Crippen LogP contribution in [0, 0.1) is 0 Å². The molecule has 6 nitrogen and oxygen atoms in total. The molecule has 0 aromatic heterocycles. The smallest absolute Gasteiger partial charge is 0.328 e. The second-order valence-electron chi connectivity index (χ2n) is 4.77. The van der Waals surface area contributed by atoms with Crippen LogP contribution in [0.3, 0.4) is 0 Å². The Kier molecular flexibility index (Phi) is 4.94. The monoisotopic (exact) mass is 290 g/mol. The quantitative estimate of drug-likeness (QED) is 0.821. The van der Waals surface area contributed by atoms with Crippen LogP contribution in [0.4, 0.5) is 11.4 Å². The summed E-state index contributed by atoms with van der Waals surface area (Å²) in [7, 11) is 0. The second-order valence-corrected chi connectivity index (χ2v) is 4.77. The lowest BCUT2D eigenvalue weighted by molar-refractivity contribution is -0.131. The van der Waals surface area contributed by atoms with Gasteiger partial charge in [0.05, 0.1) is 13.2 Å². The maximum Gasteiger partial charge on any atom is 0.328 e. The number of nitrogens with one attached hydrogen (secondary N) is 1. The number of nitrogens with zero attached hydrogens (tertiary/aromatic N) is 1. The van der Waals surface area contributed by atoms with Crippen LogP contribution in [-0.4, -0.2) is 43.3 Å². The van der Waals surface area contributed by atoms with Crippen LogP contribution in [0.5, 0.6) is 0 Å². The maximum atomic E-state index is 11.8. The van der Waals surface area contributed by atoms with E-state index in [0.717, 1.165) is 38.1 Å². The third-order valence-electron chi connectivity index (χ3n) is 3.20. The second kappa shape index (κ2) is 6.90. The number of carboxylic acid groups (broad SMARTS) is 1. The molecule has 1 saturated heterocycles. The number of morpholine rings is 1. The fourth-order valence-electron chi connectivity index (χ4n) is 2.06. The molecule has 0 bridgehead atoms. The molecule has 1 aromatic carbocycles. The number of benzene rings is 1. The minimum Gasteiger partial charge on any atom is -0.478 e. The molecule has 1 heterocycles. The van der Waals surface area contributed by atoms with Crippen molar-refractivity contribution in [1.29, 1.82) is 0 Å². The van der Waals surface area contributed by atoms with E-state index in [0.29, 0.717) is 5.69 Å². The number of rotatable bonds is 4. The van der Waals surface area contributed by atoms with E-state index >= 15 is 0 Å². The van der Waals surface area contributed by atoms with Crippen molar-refractivity contribution in [2.45, 2.75) is 6.92 Å². The first-order valence-electron chi connectivity index (χ1n) is 6.71. The molecule has 112 valence electrons. The normalized spacial score (nSPS) is 15.7. The Hall–Kier alpha value is -2.34. The zero-order valence-corrected chi connectivity index (χ0v) is 11.8. The van der Waals surface area contributed by atoms with Crippen molar-refractivity contribution >= 4 is 23.3 Å². The zero-order chi connectivity index (χ0) is 15.2. The van der Waals surface area contributed by atoms with Crippen LogP contribution < -0.4 is 10.2 Å². The predicted octanol–water partition coefficient (Wildman–Crippen LogP) is 1.49. The molecule has 0 spiro atoms. The van der Waals surface area contributed by atoms with Crippen LogP contribution in [-0.2, 0) is 14.3 Å². The van der Waals surface area contributed by atoms with E-state index in [1.54, 1.807) is 12.1 Å². The van der Waals surface area contributed by atoms with Gasteiger partial charge in [-0.1, -0.05) is 0 Å². The molecule has 6 heteroatoms. The number of carbonyl (C=O) groups excluding carboxylic acids is 1. The summed E-state index contributed by atoms with van der Waals surface area (Å²) in [6, 6.07) is 7.46. The van der Waals surface area contributed by atoms with Crippen molar-refractivity contribution in [3.8, 4) is 0 Å². The van der Waals surface area contributed by atoms with Gasteiger partial charge in [0.2, 0.25) is 0 Å². The number of anilines is 2. The highest BCUT2D eigenvalue weighted by molar-refractivity contribution is 6.06. The van der Waals surface area contributed by atoms with Gasteiger partial charge in [-0.15, -0.1) is 0 Å². The lowest BCUT2D eigenvalue weighted by atomic mass is 10.2. The minimum atomic E-state index is -1.13. The highest BCUT2D eigenvalue weighted by Gasteiger charge is 2.11. The third kappa shape index (κ3) is 4.32. The minimum absolute atomic E-state index is 0.153. The molecule has 0 unspecified atom stereocenters. The average molecular weight is 290 g/mol. The number of hydrogen-bond donors (Lipinski definition) is 2. The van der Waals surface area contributed by atoms with E-state index in [2.05, 4.69) is 10.2 Å². The molecule has 0 saturated carbocycles. The number of amides is 1. The topological polar surface area (TPSA) is 78.9 Å². The van der Waals surface area contributed by atoms with E-state index in [4.69, 9.17) is 9.84 Å². The van der Waals surface area contributed by atoms with Crippen molar-refractivity contribution < 1.29 is 19.4 Å². The van der Waals surface area contributed by atoms with Gasteiger partial charge in [0.1, 0.15) is 0 Å². The van der Waals surface area contributed by atoms with E-state index in [9.17, 15) is 9.59 Å². The van der Waals surface area contributed by atoms with Gasteiger partial charge in [-0.3, -0.25) is 4.79 Å². The number of aliphatic carboxylic acids is 1. The Bertz CT molecular complexity index is 545. The Morgan fingerprint density at radius 1 is 1.24 bits per heavy atom. The highest BCUT2D eigenvalue weighted by atomic mass is 16.5. The fraction of sp³-hybridized carbons (Fsp3) is 0.333. The Balaban J connectivity index is 1.99. The van der Waals surface area contributed by atoms with Crippen molar-refractivity contribution in [2.75, 3.05) is 36.5 Å². The van der Waals surface area contributed by atoms with Crippen molar-refractivity contribution in [1.82, 2.24) is 0 Å². The van der Waals surface area contributed by atoms with E-state index in [1.165, 1.54) is 6.92 Å². The van der Waals surface area contributed by atoms with Gasteiger partial charge in [0.25, 0.3) is 5.91 Å². The van der Waals surface area contributed by atoms with Gasteiger partial charge in [0.15, 0.2) is 0 Å². The van der Waals surface area contributed by atoms with E-state index in [1.807, 2.05) is 12.1 Å². The Morgan fingerprint density at radius 2 is 1.86 bits per heavy atom. The molecule has 1 aromatic rings. The van der Waals surface area contributed by atoms with Gasteiger partial charge < -0.3 is 20.1 Å². The maximum absolute atomic E-state index is 11.8. The predicted molar refractivity (Wildman–Crippen MR) is 79.5 cm³/mol. The summed E-state index contributed by atoms with van der Waals surface area (Å²) in [4.78, 5) is 24.5. The fourth-order valence-corrected chi connectivity index (χ4v) is 2.06. The summed E-state index contributed by atoms with van der Waals surface area (Å²) in [5.41, 5.74) is 1.86. The molecule has 21 heavy (non-hydrogen) atoms. The number of hydrogen-bond acceptors (Lipinski definition) is 4. The van der Waals surface area contributed by atoms with E-state index < -0.39 is 11.9 Å². The molecule has 1 fully saturated rings. The molecule has 1 aliphatic rings. The van der Waals surface area contributed by atoms with Gasteiger partial charge in [-0.05, 0) is 31.2 Å². The van der Waals surface area contributed by atoms with Crippen molar-refractivity contribution in [2.24, 2.45) is 0 Å².